The van der Waals surface area contributed by atoms with Gasteiger partial charge in [0.15, 0.2) is 5.78 Å². The fraction of sp³-hybridized carbons (Fsp3) is 0.857. The van der Waals surface area contributed by atoms with Gasteiger partial charge in [-0.15, -0.1) is 0 Å². The highest BCUT2D eigenvalue weighted by Crippen LogP contribution is 2.19. The highest BCUT2D eigenvalue weighted by atomic mass is 16.3. The molecule has 0 spiro atoms. The summed E-state index contributed by atoms with van der Waals surface area (Å²) in [6.45, 7) is 9.69. The number of hydrogen-bond donors (Lipinski definition) is 1. The molecule has 0 aromatic rings. The summed E-state index contributed by atoms with van der Waals surface area (Å²) in [5.41, 5.74) is -0.500. The molecule has 0 aliphatic carbocycles. The van der Waals surface area contributed by atoms with Crippen molar-refractivity contribution in [2.45, 2.75) is 71.9 Å². The standard InChI is InChI=1S/C10H17NO2.C4H10O/c1-3-9(12)8-6-5-7-11(8)10(13)4-2;1-4(2,3)5/h8H,3-7H2,1-2H3;5H,1-3H3. The highest BCUT2D eigenvalue weighted by molar-refractivity contribution is 5.89. The minimum atomic E-state index is -0.500. The maximum absolute atomic E-state index is 11.5. The normalized spacial score (nSPS) is 19.2. The van der Waals surface area contributed by atoms with Gasteiger partial charge in [0.25, 0.3) is 0 Å². The average Bonchev–Trinajstić information content (AvgIpc) is 2.73. The van der Waals surface area contributed by atoms with Crippen LogP contribution in [0.15, 0.2) is 0 Å². The van der Waals surface area contributed by atoms with Crippen molar-refractivity contribution in [1.29, 1.82) is 0 Å². The van der Waals surface area contributed by atoms with Crippen LogP contribution in [0.1, 0.15) is 60.3 Å². The van der Waals surface area contributed by atoms with Crippen molar-refractivity contribution < 1.29 is 14.7 Å². The molecule has 18 heavy (non-hydrogen) atoms. The number of likely N-dealkylation sites (tertiary alicyclic amines) is 1. The Hall–Kier alpha value is -0.900. The Balaban J connectivity index is 0.000000494. The van der Waals surface area contributed by atoms with Crippen LogP contribution in [0.4, 0.5) is 0 Å². The second kappa shape index (κ2) is 7.52. The van der Waals surface area contributed by atoms with Gasteiger partial charge in [0.1, 0.15) is 0 Å². The van der Waals surface area contributed by atoms with Gasteiger partial charge in [0.2, 0.25) is 5.91 Å². The average molecular weight is 257 g/mol. The molecule has 1 unspecified atom stereocenters. The summed E-state index contributed by atoms with van der Waals surface area (Å²) >= 11 is 0. The molecule has 4 heteroatoms. The molecule has 0 aromatic carbocycles. The first-order chi connectivity index (χ1) is 8.20. The van der Waals surface area contributed by atoms with Crippen molar-refractivity contribution in [3.63, 3.8) is 0 Å². The van der Waals surface area contributed by atoms with E-state index >= 15 is 0 Å². The maximum atomic E-state index is 11.5. The molecular formula is C14H27NO3. The first-order valence-electron chi connectivity index (χ1n) is 6.75. The fourth-order valence-corrected chi connectivity index (χ4v) is 1.84. The monoisotopic (exact) mass is 257 g/mol. The van der Waals surface area contributed by atoms with Gasteiger partial charge in [-0.05, 0) is 33.6 Å². The van der Waals surface area contributed by atoms with Crippen molar-refractivity contribution in [3.05, 3.63) is 0 Å². The van der Waals surface area contributed by atoms with E-state index < -0.39 is 5.60 Å². The smallest absolute Gasteiger partial charge is 0.222 e. The van der Waals surface area contributed by atoms with E-state index in [1.807, 2.05) is 13.8 Å². The first-order valence-corrected chi connectivity index (χ1v) is 6.75. The third-order valence-corrected chi connectivity index (χ3v) is 2.60. The van der Waals surface area contributed by atoms with Gasteiger partial charge < -0.3 is 10.0 Å². The predicted molar refractivity (Wildman–Crippen MR) is 72.3 cm³/mol. The lowest BCUT2D eigenvalue weighted by molar-refractivity contribution is -0.137. The van der Waals surface area contributed by atoms with E-state index in [1.165, 1.54) is 0 Å². The van der Waals surface area contributed by atoms with Crippen LogP contribution in [-0.2, 0) is 9.59 Å². The summed E-state index contributed by atoms with van der Waals surface area (Å²) in [4.78, 5) is 24.6. The lowest BCUT2D eigenvalue weighted by atomic mass is 10.1. The van der Waals surface area contributed by atoms with E-state index in [1.54, 1.807) is 25.7 Å². The molecule has 1 atom stereocenters. The zero-order chi connectivity index (χ0) is 14.3. The zero-order valence-electron chi connectivity index (χ0n) is 12.3. The summed E-state index contributed by atoms with van der Waals surface area (Å²) in [5.74, 6) is 0.323. The molecule has 1 heterocycles. The molecule has 0 bridgehead atoms. The Kier molecular flexibility index (Phi) is 7.14. The van der Waals surface area contributed by atoms with Gasteiger partial charge >= 0.3 is 0 Å². The Labute approximate surface area is 110 Å². The molecule has 1 aliphatic heterocycles. The van der Waals surface area contributed by atoms with Crippen LogP contribution < -0.4 is 0 Å². The Bertz CT molecular complexity index is 253. The quantitative estimate of drug-likeness (QED) is 0.842. The SMILES string of the molecule is CC(C)(C)O.CCC(=O)C1CCCN1C(=O)CC. The second-order valence-corrected chi connectivity index (χ2v) is 5.59. The fourth-order valence-electron chi connectivity index (χ4n) is 1.84. The van der Waals surface area contributed by atoms with Crippen LogP contribution in [0.5, 0.6) is 0 Å². The summed E-state index contributed by atoms with van der Waals surface area (Å²) in [6, 6.07) is -0.113. The van der Waals surface area contributed by atoms with E-state index in [0.717, 1.165) is 19.4 Å². The van der Waals surface area contributed by atoms with Crippen LogP contribution in [0.2, 0.25) is 0 Å². The van der Waals surface area contributed by atoms with Crippen LogP contribution in [0, 0.1) is 0 Å². The summed E-state index contributed by atoms with van der Waals surface area (Å²) in [6.07, 6.45) is 2.88. The summed E-state index contributed by atoms with van der Waals surface area (Å²) in [7, 11) is 0. The minimum Gasteiger partial charge on any atom is -0.391 e. The van der Waals surface area contributed by atoms with E-state index in [-0.39, 0.29) is 17.7 Å². The molecule has 1 saturated heterocycles. The molecular weight excluding hydrogens is 230 g/mol. The van der Waals surface area contributed by atoms with Crippen molar-refractivity contribution >= 4 is 11.7 Å². The molecule has 1 rings (SSSR count). The van der Waals surface area contributed by atoms with Gasteiger partial charge in [0, 0.05) is 19.4 Å². The van der Waals surface area contributed by atoms with Crippen LogP contribution in [0.3, 0.4) is 0 Å². The van der Waals surface area contributed by atoms with Gasteiger partial charge in [-0.1, -0.05) is 13.8 Å². The molecule has 1 fully saturated rings. The largest absolute Gasteiger partial charge is 0.391 e. The van der Waals surface area contributed by atoms with Gasteiger partial charge in [0.05, 0.1) is 11.6 Å². The lowest BCUT2D eigenvalue weighted by Gasteiger charge is -2.22. The molecule has 0 radical (unpaired) electrons. The molecule has 0 aromatic heterocycles. The first kappa shape index (κ1) is 17.1. The number of aliphatic hydroxyl groups is 1. The highest BCUT2D eigenvalue weighted by Gasteiger charge is 2.31. The van der Waals surface area contributed by atoms with Crippen molar-refractivity contribution in [1.82, 2.24) is 4.90 Å². The Morgan fingerprint density at radius 2 is 1.72 bits per heavy atom. The van der Waals surface area contributed by atoms with Crippen LogP contribution >= 0.6 is 0 Å². The Morgan fingerprint density at radius 3 is 2.11 bits per heavy atom. The van der Waals surface area contributed by atoms with E-state index in [2.05, 4.69) is 0 Å². The number of amides is 1. The van der Waals surface area contributed by atoms with Crippen molar-refractivity contribution in [2.24, 2.45) is 0 Å². The molecule has 1 N–H and O–H groups in total. The van der Waals surface area contributed by atoms with Crippen LogP contribution in [0.25, 0.3) is 0 Å². The third kappa shape index (κ3) is 6.74. The second-order valence-electron chi connectivity index (χ2n) is 5.59. The summed E-state index contributed by atoms with van der Waals surface area (Å²) < 4.78 is 0. The molecule has 106 valence electrons. The Morgan fingerprint density at radius 1 is 1.22 bits per heavy atom. The third-order valence-electron chi connectivity index (χ3n) is 2.60. The number of nitrogens with zero attached hydrogens (tertiary/aromatic N) is 1. The van der Waals surface area contributed by atoms with E-state index in [4.69, 9.17) is 5.11 Å². The predicted octanol–water partition coefficient (Wildman–Crippen LogP) is 2.14. The van der Waals surface area contributed by atoms with Gasteiger partial charge in [-0.3, -0.25) is 9.59 Å². The van der Waals surface area contributed by atoms with E-state index in [0.29, 0.717) is 12.8 Å². The van der Waals surface area contributed by atoms with E-state index in [9.17, 15) is 9.59 Å². The number of carbonyl (C=O) groups is 2. The number of Topliss-reactive ketones (excluding diaryl/α,β-unsaturated/α-hetero) is 1. The number of ketones is 1. The molecule has 1 aliphatic rings. The van der Waals surface area contributed by atoms with Gasteiger partial charge in [-0.2, -0.15) is 0 Å². The van der Waals surface area contributed by atoms with Crippen molar-refractivity contribution in [2.75, 3.05) is 6.54 Å². The zero-order valence-corrected chi connectivity index (χ0v) is 12.3. The lowest BCUT2D eigenvalue weighted by Crippen LogP contribution is -2.39. The van der Waals surface area contributed by atoms with Crippen LogP contribution in [-0.4, -0.2) is 39.9 Å². The number of rotatable bonds is 3. The number of hydrogen-bond acceptors (Lipinski definition) is 3. The van der Waals surface area contributed by atoms with Crippen molar-refractivity contribution in [3.8, 4) is 0 Å². The topological polar surface area (TPSA) is 57.6 Å². The number of carbonyl (C=O) groups excluding carboxylic acids is 2. The maximum Gasteiger partial charge on any atom is 0.222 e. The molecule has 1 amide bonds. The minimum absolute atomic E-state index is 0.113. The molecule has 4 nitrogen and oxygen atoms in total. The van der Waals surface area contributed by atoms with Gasteiger partial charge in [-0.25, -0.2) is 0 Å². The molecule has 0 saturated carbocycles. The summed E-state index contributed by atoms with van der Waals surface area (Å²) in [5, 5.41) is 8.52.